The Morgan fingerprint density at radius 3 is 2.49 bits per heavy atom. The van der Waals surface area contributed by atoms with Crippen LogP contribution in [0.4, 0.5) is 0 Å². The second-order valence-electron chi connectivity index (χ2n) is 14.0. The summed E-state index contributed by atoms with van der Waals surface area (Å²) in [5, 5.41) is 24.2. The number of rotatable bonds is 1. The van der Waals surface area contributed by atoms with Crippen molar-refractivity contribution in [1.29, 1.82) is 0 Å². The topological polar surface area (TPSA) is 112 Å². The van der Waals surface area contributed by atoms with Crippen LogP contribution in [-0.4, -0.2) is 69.0 Å². The van der Waals surface area contributed by atoms with Gasteiger partial charge in [0.25, 0.3) is 0 Å². The van der Waals surface area contributed by atoms with E-state index in [0.29, 0.717) is 37.7 Å². The van der Waals surface area contributed by atoms with E-state index in [4.69, 9.17) is 18.9 Å². The van der Waals surface area contributed by atoms with E-state index in [9.17, 15) is 19.8 Å². The van der Waals surface area contributed by atoms with E-state index in [2.05, 4.69) is 27.7 Å². The molecule has 37 heavy (non-hydrogen) atoms. The van der Waals surface area contributed by atoms with Gasteiger partial charge in [-0.1, -0.05) is 13.8 Å². The number of fused-ring (bicyclic) bond motifs is 2. The number of carbonyl (C=O) groups is 2. The van der Waals surface area contributed by atoms with Gasteiger partial charge in [0.2, 0.25) is 0 Å². The molecular formula is C29H40O8. The summed E-state index contributed by atoms with van der Waals surface area (Å²) >= 11 is 0. The van der Waals surface area contributed by atoms with Crippen LogP contribution in [-0.2, 0) is 28.5 Å². The van der Waals surface area contributed by atoms with Gasteiger partial charge in [-0.25, -0.2) is 4.79 Å². The van der Waals surface area contributed by atoms with Crippen molar-refractivity contribution in [1.82, 2.24) is 0 Å². The molecule has 0 aromatic carbocycles. The monoisotopic (exact) mass is 516 g/mol. The van der Waals surface area contributed by atoms with E-state index < -0.39 is 40.0 Å². The van der Waals surface area contributed by atoms with Gasteiger partial charge in [-0.3, -0.25) is 4.79 Å². The molecule has 0 unspecified atom stereocenters. The summed E-state index contributed by atoms with van der Waals surface area (Å²) in [5.74, 6) is -0.596. The molecule has 6 fully saturated rings. The minimum Gasteiger partial charge on any atom is -0.456 e. The predicted octanol–water partition coefficient (Wildman–Crippen LogP) is 2.82. The number of hydrogen-bond donors (Lipinski definition) is 2. The van der Waals surface area contributed by atoms with Crippen molar-refractivity contribution in [3.05, 3.63) is 11.6 Å². The Kier molecular flexibility index (Phi) is 4.76. The lowest BCUT2D eigenvalue weighted by atomic mass is 9.51. The largest absolute Gasteiger partial charge is 0.456 e. The quantitative estimate of drug-likeness (QED) is 0.512. The molecule has 2 spiro atoms. The smallest absolute Gasteiger partial charge is 0.334 e. The lowest BCUT2D eigenvalue weighted by Crippen LogP contribution is -2.65. The minimum atomic E-state index is -1.11. The molecule has 3 aliphatic carbocycles. The summed E-state index contributed by atoms with van der Waals surface area (Å²) in [7, 11) is 0. The molecule has 12 atom stereocenters. The van der Waals surface area contributed by atoms with Gasteiger partial charge in [0.1, 0.15) is 23.9 Å². The average Bonchev–Trinajstić information content (AvgIpc) is 3.46. The molecule has 0 radical (unpaired) electrons. The van der Waals surface area contributed by atoms with Crippen LogP contribution in [0.25, 0.3) is 0 Å². The number of ether oxygens (including phenoxy) is 4. The van der Waals surface area contributed by atoms with Crippen LogP contribution in [0.15, 0.2) is 11.6 Å². The molecule has 8 nitrogen and oxygen atoms in total. The Balaban J connectivity index is 1.28. The molecule has 0 bridgehead atoms. The van der Waals surface area contributed by atoms with Gasteiger partial charge in [-0.15, -0.1) is 0 Å². The molecule has 2 N–H and O–H groups in total. The van der Waals surface area contributed by atoms with Crippen LogP contribution in [0, 0.1) is 29.1 Å². The van der Waals surface area contributed by atoms with E-state index in [1.807, 2.05) is 6.08 Å². The van der Waals surface area contributed by atoms with Crippen LogP contribution >= 0.6 is 0 Å². The minimum absolute atomic E-state index is 0.0258. The summed E-state index contributed by atoms with van der Waals surface area (Å²) in [6.45, 7) is 10.2. The molecule has 0 aromatic rings. The van der Waals surface area contributed by atoms with Crippen LogP contribution < -0.4 is 0 Å². The van der Waals surface area contributed by atoms with Gasteiger partial charge >= 0.3 is 11.9 Å². The Morgan fingerprint density at radius 1 is 1.05 bits per heavy atom. The number of esters is 2. The van der Waals surface area contributed by atoms with E-state index in [-0.39, 0.29) is 54.2 Å². The van der Waals surface area contributed by atoms with Crippen molar-refractivity contribution in [2.45, 2.75) is 126 Å². The molecule has 204 valence electrons. The molecule has 7 aliphatic rings. The molecule has 3 saturated heterocycles. The first-order valence-electron chi connectivity index (χ1n) is 14.1. The number of aliphatic hydroxyl groups is 2. The molecule has 4 heterocycles. The number of aliphatic hydroxyl groups excluding tert-OH is 1. The van der Waals surface area contributed by atoms with Crippen LogP contribution in [0.5, 0.6) is 0 Å². The van der Waals surface area contributed by atoms with Gasteiger partial charge in [0.05, 0.1) is 29.3 Å². The zero-order valence-electron chi connectivity index (χ0n) is 22.5. The van der Waals surface area contributed by atoms with E-state index in [0.717, 1.165) is 6.42 Å². The highest BCUT2D eigenvalue weighted by Crippen LogP contribution is 2.72. The van der Waals surface area contributed by atoms with Crippen molar-refractivity contribution in [2.75, 3.05) is 0 Å². The van der Waals surface area contributed by atoms with Crippen molar-refractivity contribution in [3.63, 3.8) is 0 Å². The van der Waals surface area contributed by atoms with Gasteiger partial charge in [0, 0.05) is 23.3 Å². The normalized spacial score (nSPS) is 57.4. The molecule has 3 saturated carbocycles. The van der Waals surface area contributed by atoms with Gasteiger partial charge < -0.3 is 29.2 Å². The summed E-state index contributed by atoms with van der Waals surface area (Å²) in [5.41, 5.74) is -3.10. The van der Waals surface area contributed by atoms with Crippen LogP contribution in [0.3, 0.4) is 0 Å². The maximum atomic E-state index is 12.5. The van der Waals surface area contributed by atoms with Crippen molar-refractivity contribution < 1.29 is 38.7 Å². The maximum Gasteiger partial charge on any atom is 0.334 e. The Bertz CT molecular complexity index is 1100. The first-order chi connectivity index (χ1) is 17.3. The first-order valence-corrected chi connectivity index (χ1v) is 14.1. The first kappa shape index (κ1) is 24.6. The highest BCUT2D eigenvalue weighted by Gasteiger charge is 2.78. The van der Waals surface area contributed by atoms with E-state index in [1.54, 1.807) is 6.92 Å². The summed E-state index contributed by atoms with van der Waals surface area (Å²) < 4.78 is 25.2. The molecular weight excluding hydrogens is 476 g/mol. The van der Waals surface area contributed by atoms with Crippen molar-refractivity contribution in [2.24, 2.45) is 29.1 Å². The number of carbonyl (C=O) groups excluding carboxylic acids is 2. The molecule has 0 amide bonds. The average molecular weight is 517 g/mol. The van der Waals surface area contributed by atoms with Crippen LogP contribution in [0.2, 0.25) is 0 Å². The summed E-state index contributed by atoms with van der Waals surface area (Å²) in [4.78, 5) is 24.7. The third-order valence-corrected chi connectivity index (χ3v) is 12.2. The number of cyclic esters (lactones) is 1. The van der Waals surface area contributed by atoms with Crippen molar-refractivity contribution in [3.8, 4) is 0 Å². The van der Waals surface area contributed by atoms with E-state index in [1.165, 1.54) is 0 Å². The fourth-order valence-corrected chi connectivity index (χ4v) is 10.6. The fraction of sp³-hybridized carbons (Fsp3) is 0.862. The summed E-state index contributed by atoms with van der Waals surface area (Å²) in [6, 6.07) is 0. The van der Waals surface area contributed by atoms with Crippen LogP contribution in [0.1, 0.15) is 79.6 Å². The van der Waals surface area contributed by atoms with Gasteiger partial charge in [-0.05, 0) is 76.7 Å². The lowest BCUT2D eigenvalue weighted by Gasteiger charge is -2.59. The lowest BCUT2D eigenvalue weighted by molar-refractivity contribution is -0.252. The highest BCUT2D eigenvalue weighted by molar-refractivity contribution is 5.90. The molecule has 7 rings (SSSR count). The zero-order valence-corrected chi connectivity index (χ0v) is 22.5. The standard InChI is InChI=1S/C29H40O8/c1-14-10-17(34-24(14)32)23-15(2)16-11-20(30)26(5)19-7-6-18-25(3,4)35-21-12-22(31)36-28(18,21)13-27(19,33)8-9-29(16,26)37-23/h10,15-21,23,30,33H,6-9,11-13H2,1-5H3/t15-,16+,17-,18-,19-,20-,21+,23-,26-,27-,28+,29-/m0/s1. The van der Waals surface area contributed by atoms with E-state index >= 15 is 0 Å². The second kappa shape index (κ2) is 7.18. The Morgan fingerprint density at radius 2 is 1.78 bits per heavy atom. The zero-order chi connectivity index (χ0) is 26.3. The number of hydrogen-bond acceptors (Lipinski definition) is 8. The Hall–Kier alpha value is -1.48. The summed E-state index contributed by atoms with van der Waals surface area (Å²) in [6.07, 6.45) is 3.91. The molecule has 8 heteroatoms. The van der Waals surface area contributed by atoms with Gasteiger partial charge in [0.15, 0.2) is 0 Å². The molecule has 4 aliphatic heterocycles. The predicted molar refractivity (Wildman–Crippen MR) is 130 cm³/mol. The third-order valence-electron chi connectivity index (χ3n) is 12.2. The van der Waals surface area contributed by atoms with Crippen molar-refractivity contribution >= 4 is 11.9 Å². The van der Waals surface area contributed by atoms with Gasteiger partial charge in [-0.2, -0.15) is 0 Å². The Labute approximate surface area is 218 Å². The maximum absolute atomic E-state index is 12.5. The SMILES string of the molecule is CC1=C[C@@H]([C@H]2O[C@]34CC[C@]5(O)C[C@]67OC(=O)C[C@H]6OC(C)(C)[C@@H]7CC[C@H]5[C@@]3(C)[C@@H](O)C[C@@H]4[C@@H]2C)OC1=O. The third kappa shape index (κ3) is 2.78. The molecule has 0 aromatic heterocycles. The second-order valence-corrected chi connectivity index (χ2v) is 14.0. The highest BCUT2D eigenvalue weighted by atomic mass is 16.6. The fourth-order valence-electron chi connectivity index (χ4n) is 10.6.